The van der Waals surface area contributed by atoms with Crippen LogP contribution in [0.2, 0.25) is 0 Å². The maximum Gasteiger partial charge on any atom is 0.167 e. The van der Waals surface area contributed by atoms with Gasteiger partial charge >= 0.3 is 0 Å². The van der Waals surface area contributed by atoms with Crippen molar-refractivity contribution in [1.29, 1.82) is 5.26 Å². The van der Waals surface area contributed by atoms with Crippen LogP contribution in [-0.2, 0) is 22.3 Å². The zero-order valence-corrected chi connectivity index (χ0v) is 13.6. The molecule has 1 aliphatic rings. The monoisotopic (exact) mass is 304 g/mol. The molecule has 0 unspecified atom stereocenters. The molecule has 6 nitrogen and oxygen atoms in total. The van der Waals surface area contributed by atoms with Crippen LogP contribution in [-0.4, -0.2) is 42.7 Å². The molecular weight excluding hydrogens is 280 g/mol. The molecular formula is C16H24N4O2. The number of nitrogens with zero attached hydrogens (tertiary/aromatic N) is 3. The Hall–Kier alpha value is -1.71. The number of anilines is 1. The molecule has 22 heavy (non-hydrogen) atoms. The third-order valence-electron chi connectivity index (χ3n) is 4.37. The highest BCUT2D eigenvalue weighted by Crippen LogP contribution is 2.26. The first kappa shape index (κ1) is 16.7. The van der Waals surface area contributed by atoms with Crippen molar-refractivity contribution in [1.82, 2.24) is 10.2 Å². The minimum absolute atomic E-state index is 0.261. The Labute approximate surface area is 131 Å². The average Bonchev–Trinajstić information content (AvgIpc) is 2.59. The number of ether oxygens (including phenoxy) is 2. The van der Waals surface area contributed by atoms with Gasteiger partial charge in [0.2, 0.25) is 0 Å². The zero-order chi connectivity index (χ0) is 16.0. The summed E-state index contributed by atoms with van der Waals surface area (Å²) in [5.41, 5.74) is 2.23. The summed E-state index contributed by atoms with van der Waals surface area (Å²) in [5, 5.41) is 21.2. The van der Waals surface area contributed by atoms with Crippen LogP contribution in [0.1, 0.15) is 43.5 Å². The van der Waals surface area contributed by atoms with E-state index in [0.717, 1.165) is 36.9 Å². The summed E-state index contributed by atoms with van der Waals surface area (Å²) in [6.07, 6.45) is 3.23. The lowest BCUT2D eigenvalue weighted by Gasteiger charge is -2.36. The molecule has 1 saturated heterocycles. The lowest BCUT2D eigenvalue weighted by atomic mass is 9.94. The highest BCUT2D eigenvalue weighted by Gasteiger charge is 2.32. The summed E-state index contributed by atoms with van der Waals surface area (Å²) in [6, 6.07) is 2.28. The molecule has 0 atom stereocenters. The van der Waals surface area contributed by atoms with Gasteiger partial charge in [-0.2, -0.15) is 10.4 Å². The molecule has 1 aromatic rings. The number of aryl methyl sites for hydroxylation is 1. The van der Waals surface area contributed by atoms with Crippen LogP contribution < -0.4 is 5.32 Å². The molecule has 0 spiro atoms. The van der Waals surface area contributed by atoms with Crippen molar-refractivity contribution in [3.8, 4) is 6.07 Å². The molecule has 0 aliphatic carbocycles. The summed E-state index contributed by atoms with van der Waals surface area (Å²) < 4.78 is 11.1. The first-order valence-corrected chi connectivity index (χ1v) is 7.85. The van der Waals surface area contributed by atoms with Gasteiger partial charge in [0.05, 0.1) is 11.3 Å². The van der Waals surface area contributed by atoms with Crippen LogP contribution in [0.25, 0.3) is 0 Å². The second kappa shape index (κ2) is 7.52. The highest BCUT2D eigenvalue weighted by atomic mass is 16.5. The quantitative estimate of drug-likeness (QED) is 0.866. The van der Waals surface area contributed by atoms with Gasteiger partial charge in [0.15, 0.2) is 5.82 Å². The summed E-state index contributed by atoms with van der Waals surface area (Å²) in [6.45, 7) is 6.06. The number of aromatic nitrogens is 2. The van der Waals surface area contributed by atoms with Gasteiger partial charge in [0, 0.05) is 39.7 Å². The molecule has 1 fully saturated rings. The summed E-state index contributed by atoms with van der Waals surface area (Å²) in [5.74, 6) is 0.555. The maximum absolute atomic E-state index is 9.50. The van der Waals surface area contributed by atoms with Gasteiger partial charge in [0.1, 0.15) is 11.6 Å². The van der Waals surface area contributed by atoms with Crippen molar-refractivity contribution in [2.45, 2.75) is 45.1 Å². The summed E-state index contributed by atoms with van der Waals surface area (Å²) >= 11 is 0. The lowest BCUT2D eigenvalue weighted by molar-refractivity contribution is -0.0807. The fraction of sp³-hybridized carbons (Fsp3) is 0.688. The predicted octanol–water partition coefficient (Wildman–Crippen LogP) is 2.08. The number of hydrogen-bond donors (Lipinski definition) is 1. The standard InChI is InChI=1S/C16H24N4O2/c1-4-12-13(10-17)15(20-19-14(12)5-2)18-11-16(21-3)6-8-22-9-7-16/h4-9,11H2,1-3H3,(H,18,20). The van der Waals surface area contributed by atoms with Gasteiger partial charge < -0.3 is 14.8 Å². The van der Waals surface area contributed by atoms with Crippen molar-refractivity contribution in [3.05, 3.63) is 16.8 Å². The molecule has 0 saturated carbocycles. The number of nitrogens with one attached hydrogen (secondary N) is 1. The van der Waals surface area contributed by atoms with E-state index in [1.54, 1.807) is 7.11 Å². The van der Waals surface area contributed by atoms with Crippen molar-refractivity contribution in [2.24, 2.45) is 0 Å². The van der Waals surface area contributed by atoms with Crippen molar-refractivity contribution in [3.63, 3.8) is 0 Å². The minimum atomic E-state index is -0.261. The third-order valence-corrected chi connectivity index (χ3v) is 4.37. The van der Waals surface area contributed by atoms with Crippen molar-refractivity contribution in [2.75, 3.05) is 32.2 Å². The van der Waals surface area contributed by atoms with Crippen LogP contribution in [0, 0.1) is 11.3 Å². The van der Waals surface area contributed by atoms with Gasteiger partial charge in [-0.05, 0) is 18.4 Å². The van der Waals surface area contributed by atoms with E-state index < -0.39 is 0 Å². The summed E-state index contributed by atoms with van der Waals surface area (Å²) in [4.78, 5) is 0. The molecule has 1 aliphatic heterocycles. The predicted molar refractivity (Wildman–Crippen MR) is 83.8 cm³/mol. The molecule has 2 rings (SSSR count). The first-order chi connectivity index (χ1) is 10.7. The van der Waals surface area contributed by atoms with Crippen LogP contribution in [0.15, 0.2) is 0 Å². The van der Waals surface area contributed by atoms with E-state index in [-0.39, 0.29) is 5.60 Å². The van der Waals surface area contributed by atoms with Gasteiger partial charge in [-0.1, -0.05) is 13.8 Å². The summed E-state index contributed by atoms with van der Waals surface area (Å²) in [7, 11) is 1.72. The zero-order valence-electron chi connectivity index (χ0n) is 13.6. The second-order valence-corrected chi connectivity index (χ2v) is 5.52. The lowest BCUT2D eigenvalue weighted by Crippen LogP contribution is -2.44. The van der Waals surface area contributed by atoms with E-state index >= 15 is 0 Å². The molecule has 6 heteroatoms. The Morgan fingerprint density at radius 2 is 2.00 bits per heavy atom. The van der Waals surface area contributed by atoms with Gasteiger partial charge in [-0.15, -0.1) is 5.10 Å². The highest BCUT2D eigenvalue weighted by molar-refractivity contribution is 5.56. The molecule has 1 N–H and O–H groups in total. The Kier molecular flexibility index (Phi) is 5.69. The number of nitriles is 1. The van der Waals surface area contributed by atoms with Gasteiger partial charge in [0.25, 0.3) is 0 Å². The Bertz CT molecular complexity index is 548. The normalized spacial score (nSPS) is 17.0. The fourth-order valence-electron chi connectivity index (χ4n) is 2.86. The molecule has 0 aromatic carbocycles. The topological polar surface area (TPSA) is 80.1 Å². The largest absolute Gasteiger partial charge is 0.381 e. The van der Waals surface area contributed by atoms with E-state index in [9.17, 15) is 5.26 Å². The van der Waals surface area contributed by atoms with E-state index in [2.05, 4.69) is 21.6 Å². The van der Waals surface area contributed by atoms with E-state index in [1.807, 2.05) is 13.8 Å². The third kappa shape index (κ3) is 3.37. The minimum Gasteiger partial charge on any atom is -0.381 e. The van der Waals surface area contributed by atoms with Crippen molar-refractivity contribution < 1.29 is 9.47 Å². The second-order valence-electron chi connectivity index (χ2n) is 5.52. The number of methoxy groups -OCH3 is 1. The molecule has 120 valence electrons. The Morgan fingerprint density at radius 3 is 2.55 bits per heavy atom. The van der Waals surface area contributed by atoms with Gasteiger partial charge in [-0.25, -0.2) is 0 Å². The van der Waals surface area contributed by atoms with E-state index in [0.29, 0.717) is 31.1 Å². The number of rotatable bonds is 6. The average molecular weight is 304 g/mol. The van der Waals surface area contributed by atoms with Gasteiger partial charge in [-0.3, -0.25) is 0 Å². The first-order valence-electron chi connectivity index (χ1n) is 7.85. The SMILES string of the molecule is CCc1nnc(NCC2(OC)CCOCC2)c(C#N)c1CC. The Balaban J connectivity index is 2.21. The molecule has 1 aromatic heterocycles. The molecule has 2 heterocycles. The molecule has 0 bridgehead atoms. The van der Waals surface area contributed by atoms with E-state index in [1.165, 1.54) is 0 Å². The maximum atomic E-state index is 9.50. The van der Waals surface area contributed by atoms with E-state index in [4.69, 9.17) is 9.47 Å². The smallest absolute Gasteiger partial charge is 0.167 e. The van der Waals surface area contributed by atoms with Crippen molar-refractivity contribution >= 4 is 5.82 Å². The van der Waals surface area contributed by atoms with Crippen LogP contribution in [0.3, 0.4) is 0 Å². The molecule has 0 amide bonds. The van der Waals surface area contributed by atoms with Crippen LogP contribution in [0.4, 0.5) is 5.82 Å². The Morgan fingerprint density at radius 1 is 1.27 bits per heavy atom. The molecule has 0 radical (unpaired) electrons. The van der Waals surface area contributed by atoms with Crippen LogP contribution >= 0.6 is 0 Å². The fourth-order valence-corrected chi connectivity index (χ4v) is 2.86. The van der Waals surface area contributed by atoms with Crippen LogP contribution in [0.5, 0.6) is 0 Å². The number of hydrogen-bond acceptors (Lipinski definition) is 6.